The Labute approximate surface area is 290 Å². The zero-order valence-corrected chi connectivity index (χ0v) is 27.8. The Morgan fingerprint density at radius 3 is 2.05 bits per heavy atom. The molecule has 11 nitrogen and oxygen atoms in total. The molecule has 4 aromatic rings. The number of aliphatic carboxylic acids is 1. The van der Waals surface area contributed by atoms with Crippen molar-refractivity contribution >= 4 is 61.1 Å². The van der Waals surface area contributed by atoms with Crippen LogP contribution < -0.4 is 75.4 Å². The number of rotatable bonds is 7. The van der Waals surface area contributed by atoms with Crippen LogP contribution in [-0.2, 0) is 19.7 Å². The van der Waals surface area contributed by atoms with Gasteiger partial charge in [0.05, 0.1) is 33.6 Å². The van der Waals surface area contributed by atoms with Gasteiger partial charge in [-0.2, -0.15) is 10.2 Å². The van der Waals surface area contributed by atoms with Crippen LogP contribution in [0.2, 0.25) is 0 Å². The first-order chi connectivity index (χ1) is 19.6. The quantitative estimate of drug-likeness (QED) is 0.0456. The van der Waals surface area contributed by atoms with Gasteiger partial charge in [-0.1, -0.05) is 48.5 Å². The van der Waals surface area contributed by atoms with E-state index in [0.29, 0.717) is 16.8 Å². The van der Waals surface area contributed by atoms with Crippen LogP contribution in [-0.4, -0.2) is 30.4 Å². The van der Waals surface area contributed by atoms with Gasteiger partial charge in [-0.15, -0.1) is 5.11 Å². The van der Waals surface area contributed by atoms with E-state index in [2.05, 4.69) is 20.8 Å². The number of allylic oxidation sites excluding steroid dienone is 3. The second-order valence-corrected chi connectivity index (χ2v) is 10.2. The number of carbonyl (C=O) groups excluding carboxylic acids is 2. The Balaban J connectivity index is 0.00000253. The molecule has 0 aliphatic heterocycles. The normalized spacial score (nSPS) is 13.8. The molecule has 1 aliphatic carbocycles. The number of benzene rings is 4. The second kappa shape index (κ2) is 14.3. The average Bonchev–Trinajstić information content (AvgIpc) is 2.96. The Hall–Kier alpha value is -3.46. The fraction of sp³-hybridized carbons (Fsp3) is 0. The summed E-state index contributed by atoms with van der Waals surface area (Å²) in [5.74, 6) is -2.21. The van der Waals surface area contributed by atoms with E-state index in [9.17, 15) is 27.7 Å². The van der Waals surface area contributed by atoms with Crippen LogP contribution in [0, 0.1) is 0 Å². The molecule has 0 saturated carbocycles. The van der Waals surface area contributed by atoms with Crippen LogP contribution in [0.3, 0.4) is 0 Å². The summed E-state index contributed by atoms with van der Waals surface area (Å²) in [6.45, 7) is 0. The summed E-state index contributed by atoms with van der Waals surface area (Å²) in [5, 5.41) is 24.0. The van der Waals surface area contributed by atoms with Gasteiger partial charge >= 0.3 is 59.1 Å². The molecule has 204 valence electrons. The minimum absolute atomic E-state index is 0. The van der Waals surface area contributed by atoms with E-state index in [4.69, 9.17) is 5.73 Å². The van der Waals surface area contributed by atoms with Gasteiger partial charge < -0.3 is 20.2 Å². The summed E-state index contributed by atoms with van der Waals surface area (Å²) in [6.07, 6.45) is 3.65. The summed E-state index contributed by atoms with van der Waals surface area (Å²) in [7, 11) is -4.77. The summed E-state index contributed by atoms with van der Waals surface area (Å²) in [4.78, 5) is 22.2. The molecule has 0 fully saturated rings. The number of anilines is 2. The first-order valence-corrected chi connectivity index (χ1v) is 13.4. The number of hydrazone groups is 1. The van der Waals surface area contributed by atoms with Gasteiger partial charge in [0.25, 0.3) is 0 Å². The maximum absolute atomic E-state index is 11.8. The van der Waals surface area contributed by atoms with Crippen molar-refractivity contribution in [2.75, 3.05) is 11.2 Å². The van der Waals surface area contributed by atoms with Crippen LogP contribution >= 0.6 is 0 Å². The van der Waals surface area contributed by atoms with Crippen molar-refractivity contribution in [3.8, 4) is 11.1 Å². The van der Waals surface area contributed by atoms with Crippen molar-refractivity contribution in [2.45, 2.75) is 4.90 Å². The predicted molar refractivity (Wildman–Crippen MR) is 151 cm³/mol. The SMILES string of the molecule is Nc1c(N=Nc2ccc(-c3ccc(NN=C4C=CC(=O)C(C(=O)[O-])=C4)cc3)cc2)cc(S(=O)(=O)[O-])c2ccccc12.[Na+].[Na+]. The molecule has 0 amide bonds. The zero-order valence-electron chi connectivity index (χ0n) is 23.0. The number of nitrogens with one attached hydrogen (secondary N) is 1. The van der Waals surface area contributed by atoms with Crippen molar-refractivity contribution in [3.05, 3.63) is 103 Å². The molecule has 43 heavy (non-hydrogen) atoms. The molecule has 0 radical (unpaired) electrons. The van der Waals surface area contributed by atoms with Crippen molar-refractivity contribution in [3.63, 3.8) is 0 Å². The summed E-state index contributed by atoms with van der Waals surface area (Å²) < 4.78 is 35.4. The largest absolute Gasteiger partial charge is 1.00 e. The predicted octanol–water partition coefficient (Wildman–Crippen LogP) is -2.00. The number of nitrogens with two attached hydrogens (primary N) is 1. The van der Waals surface area contributed by atoms with Crippen molar-refractivity contribution in [1.82, 2.24) is 0 Å². The number of ketones is 1. The third-order valence-electron chi connectivity index (χ3n) is 6.15. The number of carboxylic acid groups (broad SMARTS) is 1. The standard InChI is InChI=1S/C29H21N5O6S.2Na/c30-28-23-4-2-1-3-22(23)27(41(38,39)40)16-25(28)34-32-20-11-7-18(8-12-20)17-5-9-19(10-6-17)31-33-21-13-14-26(35)24(15-21)29(36)37;;/h1-16,31H,30H2,(H,36,37)(H,38,39,40);;/q;2*+1/p-2. The third kappa shape index (κ3) is 7.93. The molecular formula is C29H19N5Na2O6S. The fourth-order valence-electron chi connectivity index (χ4n) is 4.09. The Morgan fingerprint density at radius 1 is 0.837 bits per heavy atom. The smallest absolute Gasteiger partial charge is 0.744 e. The Kier molecular flexibility index (Phi) is 11.4. The molecular weight excluding hydrogens is 592 g/mol. The monoisotopic (exact) mass is 611 g/mol. The first-order valence-electron chi connectivity index (χ1n) is 12.0. The number of azo groups is 1. The van der Waals surface area contributed by atoms with Gasteiger partial charge in [0.2, 0.25) is 0 Å². The number of carbonyl (C=O) groups is 2. The van der Waals surface area contributed by atoms with E-state index < -0.39 is 32.3 Å². The second-order valence-electron chi connectivity index (χ2n) is 8.82. The topological polar surface area (TPSA) is 190 Å². The summed E-state index contributed by atoms with van der Waals surface area (Å²) in [6, 6.07) is 21.9. The van der Waals surface area contributed by atoms with E-state index in [-0.39, 0.29) is 81.6 Å². The van der Waals surface area contributed by atoms with E-state index >= 15 is 0 Å². The average molecular weight is 612 g/mol. The van der Waals surface area contributed by atoms with Crippen molar-refractivity contribution in [2.24, 2.45) is 15.3 Å². The number of carboxylic acids is 1. The molecule has 0 unspecified atom stereocenters. The van der Waals surface area contributed by atoms with Gasteiger partial charge in [-0.3, -0.25) is 10.2 Å². The number of hydrogen-bond acceptors (Lipinski definition) is 11. The number of nitrogen functional groups attached to an aromatic ring is 1. The van der Waals surface area contributed by atoms with E-state index in [0.717, 1.165) is 29.3 Å². The Bertz CT molecular complexity index is 1940. The van der Waals surface area contributed by atoms with Crippen LogP contribution in [0.4, 0.5) is 22.7 Å². The zero-order chi connectivity index (χ0) is 29.1. The molecule has 4 aromatic carbocycles. The minimum atomic E-state index is -4.77. The fourth-order valence-corrected chi connectivity index (χ4v) is 4.79. The van der Waals surface area contributed by atoms with Crippen molar-refractivity contribution in [1.29, 1.82) is 0 Å². The number of hydrogen-bond donors (Lipinski definition) is 2. The summed E-state index contributed by atoms with van der Waals surface area (Å²) in [5.41, 5.74) is 11.9. The van der Waals surface area contributed by atoms with Crippen LogP contribution in [0.1, 0.15) is 0 Å². The van der Waals surface area contributed by atoms with Crippen molar-refractivity contribution < 1.29 is 86.8 Å². The van der Waals surface area contributed by atoms with Gasteiger partial charge in [0, 0.05) is 16.3 Å². The van der Waals surface area contributed by atoms with Gasteiger partial charge in [-0.25, -0.2) is 8.42 Å². The molecule has 0 saturated heterocycles. The minimum Gasteiger partial charge on any atom is -0.744 e. The van der Waals surface area contributed by atoms with E-state index in [1.54, 1.807) is 42.5 Å². The van der Waals surface area contributed by atoms with Crippen LogP contribution in [0.15, 0.2) is 123 Å². The molecule has 5 rings (SSSR count). The van der Waals surface area contributed by atoms with Gasteiger partial charge in [0.1, 0.15) is 15.8 Å². The molecule has 3 N–H and O–H groups in total. The van der Waals surface area contributed by atoms with Crippen LogP contribution in [0.5, 0.6) is 0 Å². The molecule has 0 spiro atoms. The van der Waals surface area contributed by atoms with Crippen LogP contribution in [0.25, 0.3) is 21.9 Å². The third-order valence-corrected chi connectivity index (χ3v) is 7.03. The van der Waals surface area contributed by atoms with Gasteiger partial charge in [0.15, 0.2) is 5.78 Å². The number of fused-ring (bicyclic) bond motifs is 1. The Morgan fingerprint density at radius 2 is 1.44 bits per heavy atom. The molecule has 14 heteroatoms. The summed E-state index contributed by atoms with van der Waals surface area (Å²) >= 11 is 0. The maximum atomic E-state index is 11.8. The first kappa shape index (κ1) is 34.0. The maximum Gasteiger partial charge on any atom is 1.00 e. The molecule has 0 atom stereocenters. The number of nitrogens with zero attached hydrogens (tertiary/aromatic N) is 3. The molecule has 1 aliphatic rings. The van der Waals surface area contributed by atoms with E-state index in [1.165, 1.54) is 12.1 Å². The molecule has 0 aromatic heterocycles. The molecule has 0 bridgehead atoms. The van der Waals surface area contributed by atoms with Gasteiger partial charge in [-0.05, 0) is 59.7 Å². The molecule has 0 heterocycles. The van der Waals surface area contributed by atoms with E-state index in [1.807, 2.05) is 24.3 Å².